The Morgan fingerprint density at radius 2 is 1.95 bits per heavy atom. The fraction of sp³-hybridized carbons (Fsp3) is 0.571. The maximum Gasteiger partial charge on any atom is 0.247 e. The number of nitrogen functional groups attached to an aromatic ring is 1. The molecule has 21 heavy (non-hydrogen) atoms. The summed E-state index contributed by atoms with van der Waals surface area (Å²) in [7, 11) is 1.62. The Kier molecular flexibility index (Phi) is 6.00. The maximum absolute atomic E-state index is 12.9. The van der Waals surface area contributed by atoms with Gasteiger partial charge in [-0.2, -0.15) is 4.31 Å². The topological polar surface area (TPSA) is 75.9 Å². The molecule has 2 N–H and O–H groups in total. The lowest BCUT2D eigenvalue weighted by Gasteiger charge is -2.29. The van der Waals surface area contributed by atoms with Gasteiger partial charge in [0.1, 0.15) is 10.6 Å². The highest BCUT2D eigenvalue weighted by atomic mass is 32.2. The number of sulfonamides is 1. The van der Waals surface area contributed by atoms with Crippen LogP contribution in [0.2, 0.25) is 0 Å². The zero-order valence-electron chi connectivity index (χ0n) is 13.3. The quantitative estimate of drug-likeness (QED) is 0.766. The standard InChI is InChI=1S/C14H25N3O3S/c1-6-17(11(2)10-16(3)4)21(18,19)14-9-12(15)7-8-13(14)20-5/h7-9,11H,6,10,15H2,1-5H3. The third-order valence-corrected chi connectivity index (χ3v) is 5.32. The lowest BCUT2D eigenvalue weighted by molar-refractivity contribution is 0.270. The highest BCUT2D eigenvalue weighted by Crippen LogP contribution is 2.29. The molecule has 0 saturated carbocycles. The molecule has 0 amide bonds. The smallest absolute Gasteiger partial charge is 0.247 e. The SMILES string of the molecule is CCN(C(C)CN(C)C)S(=O)(=O)c1cc(N)ccc1OC. The van der Waals surface area contributed by atoms with Gasteiger partial charge in [-0.1, -0.05) is 6.92 Å². The molecule has 0 heterocycles. The summed E-state index contributed by atoms with van der Waals surface area (Å²) in [5, 5.41) is 0. The summed E-state index contributed by atoms with van der Waals surface area (Å²) >= 11 is 0. The van der Waals surface area contributed by atoms with Gasteiger partial charge in [0.05, 0.1) is 7.11 Å². The summed E-state index contributed by atoms with van der Waals surface area (Å²) in [6.45, 7) is 4.73. The van der Waals surface area contributed by atoms with Gasteiger partial charge in [-0.25, -0.2) is 8.42 Å². The van der Waals surface area contributed by atoms with Crippen LogP contribution < -0.4 is 10.5 Å². The summed E-state index contributed by atoms with van der Waals surface area (Å²) in [6, 6.07) is 4.49. The fourth-order valence-electron chi connectivity index (χ4n) is 2.36. The summed E-state index contributed by atoms with van der Waals surface area (Å²) in [4.78, 5) is 2.07. The van der Waals surface area contributed by atoms with E-state index in [0.29, 0.717) is 24.5 Å². The first-order chi connectivity index (χ1) is 9.73. The molecule has 1 aromatic rings. The fourth-order valence-corrected chi connectivity index (χ4v) is 4.18. The highest BCUT2D eigenvalue weighted by Gasteiger charge is 2.30. The lowest BCUT2D eigenvalue weighted by atomic mass is 10.3. The second kappa shape index (κ2) is 7.11. The molecule has 1 unspecified atom stereocenters. The average molecular weight is 315 g/mol. The van der Waals surface area contributed by atoms with Gasteiger partial charge >= 0.3 is 0 Å². The van der Waals surface area contributed by atoms with Crippen LogP contribution in [0.3, 0.4) is 0 Å². The minimum Gasteiger partial charge on any atom is -0.495 e. The molecule has 0 fully saturated rings. The van der Waals surface area contributed by atoms with Crippen molar-refractivity contribution in [2.45, 2.75) is 24.8 Å². The second-order valence-electron chi connectivity index (χ2n) is 5.23. The third-order valence-electron chi connectivity index (χ3n) is 3.21. The monoisotopic (exact) mass is 315 g/mol. The Morgan fingerprint density at radius 1 is 1.33 bits per heavy atom. The molecular formula is C14H25N3O3S. The molecule has 0 spiro atoms. The van der Waals surface area contributed by atoms with Crippen LogP contribution in [0.5, 0.6) is 5.75 Å². The molecule has 6 nitrogen and oxygen atoms in total. The Balaban J connectivity index is 3.27. The van der Waals surface area contributed by atoms with E-state index in [1.165, 1.54) is 17.5 Å². The molecule has 0 aromatic heterocycles. The zero-order chi connectivity index (χ0) is 16.2. The number of rotatable bonds is 7. The molecule has 0 aliphatic rings. The van der Waals surface area contributed by atoms with Crippen molar-refractivity contribution in [3.8, 4) is 5.75 Å². The van der Waals surface area contributed by atoms with Crippen molar-refractivity contribution in [3.63, 3.8) is 0 Å². The van der Waals surface area contributed by atoms with E-state index in [9.17, 15) is 8.42 Å². The molecule has 0 bridgehead atoms. The van der Waals surface area contributed by atoms with Crippen molar-refractivity contribution < 1.29 is 13.2 Å². The molecule has 0 aliphatic carbocycles. The minimum atomic E-state index is -3.66. The molecule has 0 aliphatic heterocycles. The number of ether oxygens (including phenoxy) is 1. The van der Waals surface area contributed by atoms with Crippen LogP contribution in [0.15, 0.2) is 23.1 Å². The minimum absolute atomic E-state index is 0.109. The van der Waals surface area contributed by atoms with Gasteiger partial charge in [-0.05, 0) is 39.2 Å². The molecule has 120 valence electrons. The summed E-state index contributed by atoms with van der Waals surface area (Å²) in [5.74, 6) is 0.305. The number of benzene rings is 1. The van der Waals surface area contributed by atoms with E-state index in [1.54, 1.807) is 12.1 Å². The number of methoxy groups -OCH3 is 1. The van der Waals surface area contributed by atoms with E-state index >= 15 is 0 Å². The van der Waals surface area contributed by atoms with E-state index < -0.39 is 10.0 Å². The maximum atomic E-state index is 12.9. The number of nitrogens with zero attached hydrogens (tertiary/aromatic N) is 2. The van der Waals surface area contributed by atoms with Crippen LogP contribution in [-0.4, -0.2) is 58.0 Å². The number of likely N-dealkylation sites (N-methyl/N-ethyl adjacent to an activating group) is 2. The molecular weight excluding hydrogens is 290 g/mol. The summed E-state index contributed by atoms with van der Waals surface area (Å²) < 4.78 is 32.4. The Hall–Kier alpha value is -1.31. The van der Waals surface area contributed by atoms with E-state index in [2.05, 4.69) is 0 Å². The molecule has 1 rings (SSSR count). The molecule has 1 atom stereocenters. The molecule has 0 radical (unpaired) electrons. The largest absolute Gasteiger partial charge is 0.495 e. The van der Waals surface area contributed by atoms with Crippen LogP contribution in [0.4, 0.5) is 5.69 Å². The average Bonchev–Trinajstić information content (AvgIpc) is 2.38. The predicted octanol–water partition coefficient (Wildman–Crippen LogP) is 1.24. The highest BCUT2D eigenvalue weighted by molar-refractivity contribution is 7.89. The van der Waals surface area contributed by atoms with Crippen molar-refractivity contribution >= 4 is 15.7 Å². The number of hydrogen-bond donors (Lipinski definition) is 1. The summed E-state index contributed by atoms with van der Waals surface area (Å²) in [6.07, 6.45) is 0. The van der Waals surface area contributed by atoms with Crippen LogP contribution in [0, 0.1) is 0 Å². The molecule has 7 heteroatoms. The Bertz CT molecular complexity index is 573. The number of anilines is 1. The van der Waals surface area contributed by atoms with Gasteiger partial charge in [0.25, 0.3) is 0 Å². The van der Waals surface area contributed by atoms with Crippen molar-refractivity contribution in [2.24, 2.45) is 0 Å². The van der Waals surface area contributed by atoms with E-state index in [0.717, 1.165) is 0 Å². The van der Waals surface area contributed by atoms with Crippen LogP contribution >= 0.6 is 0 Å². The molecule has 0 saturated heterocycles. The second-order valence-corrected chi connectivity index (χ2v) is 7.09. The Labute approximate surface area is 127 Å². The van der Waals surface area contributed by atoms with E-state index in [4.69, 9.17) is 10.5 Å². The first kappa shape index (κ1) is 17.7. The summed E-state index contributed by atoms with van der Waals surface area (Å²) in [5.41, 5.74) is 6.12. The normalized spacial score (nSPS) is 13.7. The zero-order valence-corrected chi connectivity index (χ0v) is 14.1. The lowest BCUT2D eigenvalue weighted by Crippen LogP contribution is -2.43. The number of nitrogens with two attached hydrogens (primary N) is 1. The third kappa shape index (κ3) is 4.09. The predicted molar refractivity (Wildman–Crippen MR) is 85.0 cm³/mol. The van der Waals surface area contributed by atoms with Gasteiger partial charge in [-0.15, -0.1) is 0 Å². The van der Waals surface area contributed by atoms with Crippen molar-refractivity contribution in [1.29, 1.82) is 0 Å². The van der Waals surface area contributed by atoms with Gasteiger partial charge in [0.2, 0.25) is 10.0 Å². The van der Waals surface area contributed by atoms with Crippen molar-refractivity contribution in [3.05, 3.63) is 18.2 Å². The van der Waals surface area contributed by atoms with Crippen LogP contribution in [0.25, 0.3) is 0 Å². The first-order valence-electron chi connectivity index (χ1n) is 6.84. The number of hydrogen-bond acceptors (Lipinski definition) is 5. The van der Waals surface area contributed by atoms with Gasteiger partial charge in [0.15, 0.2) is 0 Å². The first-order valence-corrected chi connectivity index (χ1v) is 8.28. The Morgan fingerprint density at radius 3 is 2.43 bits per heavy atom. The molecule has 1 aromatic carbocycles. The van der Waals surface area contributed by atoms with Gasteiger partial charge in [0, 0.05) is 24.8 Å². The van der Waals surface area contributed by atoms with E-state index in [1.807, 2.05) is 32.8 Å². The van der Waals surface area contributed by atoms with E-state index in [-0.39, 0.29) is 10.9 Å². The van der Waals surface area contributed by atoms with Crippen LogP contribution in [0.1, 0.15) is 13.8 Å². The van der Waals surface area contributed by atoms with Gasteiger partial charge in [-0.3, -0.25) is 0 Å². The van der Waals surface area contributed by atoms with Crippen LogP contribution in [-0.2, 0) is 10.0 Å². The van der Waals surface area contributed by atoms with Gasteiger partial charge < -0.3 is 15.4 Å². The van der Waals surface area contributed by atoms with Crippen molar-refractivity contribution in [1.82, 2.24) is 9.21 Å². The van der Waals surface area contributed by atoms with Crippen molar-refractivity contribution in [2.75, 3.05) is 40.0 Å².